The van der Waals surface area contributed by atoms with E-state index in [1.54, 1.807) is 11.8 Å². The highest BCUT2D eigenvalue weighted by Gasteiger charge is 2.06. The molecule has 0 aliphatic carbocycles. The first-order valence-corrected chi connectivity index (χ1v) is 10.7. The zero-order valence-electron chi connectivity index (χ0n) is 13.3. The van der Waals surface area contributed by atoms with Crippen molar-refractivity contribution in [1.82, 2.24) is 25.1 Å². The van der Waals surface area contributed by atoms with Crippen molar-refractivity contribution in [2.24, 2.45) is 0 Å². The number of nitrogens with zero attached hydrogens (tertiary/aromatic N) is 5. The molecule has 0 bridgehead atoms. The molecule has 8 heteroatoms. The topological polar surface area (TPSA) is 46.8 Å². The van der Waals surface area contributed by atoms with Crippen molar-refractivity contribution in [3.8, 4) is 0 Å². The highest BCUT2D eigenvalue weighted by molar-refractivity contribution is 8.03. The third-order valence-electron chi connectivity index (χ3n) is 2.64. The van der Waals surface area contributed by atoms with Gasteiger partial charge in [-0.2, -0.15) is 23.5 Å². The number of hydrogen-bond donors (Lipinski definition) is 0. The van der Waals surface area contributed by atoms with Gasteiger partial charge in [0, 0.05) is 18.1 Å². The lowest BCUT2D eigenvalue weighted by atomic mass is 10.6. The number of tetrazole rings is 1. The van der Waals surface area contributed by atoms with Gasteiger partial charge >= 0.3 is 0 Å². The van der Waals surface area contributed by atoms with Gasteiger partial charge in [-0.25, -0.2) is 4.68 Å². The molecule has 0 fully saturated rings. The van der Waals surface area contributed by atoms with Gasteiger partial charge in [0.25, 0.3) is 0 Å². The molecule has 21 heavy (non-hydrogen) atoms. The monoisotopic (exact) mass is 349 g/mol. The summed E-state index contributed by atoms with van der Waals surface area (Å²) in [5, 5.41) is 12.9. The van der Waals surface area contributed by atoms with Crippen molar-refractivity contribution in [1.29, 1.82) is 0 Å². The summed E-state index contributed by atoms with van der Waals surface area (Å²) >= 11 is 5.87. The van der Waals surface area contributed by atoms with Crippen molar-refractivity contribution in [2.45, 2.75) is 31.5 Å². The molecule has 0 unspecified atom stereocenters. The van der Waals surface area contributed by atoms with E-state index in [9.17, 15) is 0 Å². The van der Waals surface area contributed by atoms with E-state index in [0.717, 1.165) is 24.0 Å². The lowest BCUT2D eigenvalue weighted by Gasteiger charge is -2.09. The lowest BCUT2D eigenvalue weighted by Crippen LogP contribution is -2.19. The van der Waals surface area contributed by atoms with Crippen LogP contribution in [0.4, 0.5) is 0 Å². The van der Waals surface area contributed by atoms with E-state index in [1.807, 2.05) is 16.4 Å². The Labute approximate surface area is 141 Å². The van der Waals surface area contributed by atoms with E-state index in [0.29, 0.717) is 0 Å². The molecule has 122 valence electrons. The average molecular weight is 350 g/mol. The molecule has 1 rings (SSSR count). The average Bonchev–Trinajstić information content (AvgIpc) is 2.91. The fourth-order valence-electron chi connectivity index (χ4n) is 1.54. The molecule has 0 saturated heterocycles. The minimum atomic E-state index is 0.851. The SMILES string of the molecule is CCCSCCCSCCSc1nnnn1CCN(C)C. The molecule has 1 aromatic rings. The number of rotatable bonds is 13. The van der Waals surface area contributed by atoms with E-state index >= 15 is 0 Å². The summed E-state index contributed by atoms with van der Waals surface area (Å²) < 4.78 is 1.90. The predicted octanol–water partition coefficient (Wildman–Crippen LogP) is 2.59. The number of likely N-dealkylation sites (N-methyl/N-ethyl adjacent to an activating group) is 1. The van der Waals surface area contributed by atoms with Crippen LogP contribution in [0, 0.1) is 0 Å². The molecule has 0 aliphatic rings. The van der Waals surface area contributed by atoms with Crippen molar-refractivity contribution in [3.05, 3.63) is 0 Å². The van der Waals surface area contributed by atoms with Crippen LogP contribution in [0.2, 0.25) is 0 Å². The molecule has 0 aromatic carbocycles. The van der Waals surface area contributed by atoms with Crippen LogP contribution in [0.3, 0.4) is 0 Å². The van der Waals surface area contributed by atoms with Gasteiger partial charge in [0.1, 0.15) is 0 Å². The third kappa shape index (κ3) is 9.65. The maximum Gasteiger partial charge on any atom is 0.209 e. The highest BCUT2D eigenvalue weighted by Crippen LogP contribution is 2.16. The first-order chi connectivity index (χ1) is 10.2. The lowest BCUT2D eigenvalue weighted by molar-refractivity contribution is 0.361. The normalized spacial score (nSPS) is 11.4. The van der Waals surface area contributed by atoms with Crippen LogP contribution >= 0.6 is 35.3 Å². The maximum atomic E-state index is 4.10. The summed E-state index contributed by atoms with van der Waals surface area (Å²) in [6.07, 6.45) is 2.61. The van der Waals surface area contributed by atoms with Crippen LogP contribution in [0.5, 0.6) is 0 Å². The van der Waals surface area contributed by atoms with Gasteiger partial charge in [0.15, 0.2) is 0 Å². The van der Waals surface area contributed by atoms with Crippen molar-refractivity contribution < 1.29 is 0 Å². The van der Waals surface area contributed by atoms with E-state index in [-0.39, 0.29) is 0 Å². The highest BCUT2D eigenvalue weighted by atomic mass is 32.2. The molecular weight excluding hydrogens is 322 g/mol. The quantitative estimate of drug-likeness (QED) is 0.401. The van der Waals surface area contributed by atoms with Crippen LogP contribution in [0.15, 0.2) is 5.16 Å². The van der Waals surface area contributed by atoms with Crippen molar-refractivity contribution in [3.63, 3.8) is 0 Å². The first kappa shape index (κ1) is 19.1. The first-order valence-electron chi connectivity index (χ1n) is 7.43. The maximum absolute atomic E-state index is 4.10. The Kier molecular flexibility index (Phi) is 11.5. The second-order valence-corrected chi connectivity index (χ2v) is 8.43. The molecular formula is C13H27N5S3. The molecule has 0 spiro atoms. The number of aromatic nitrogens is 4. The third-order valence-corrected chi connectivity index (χ3v) is 6.20. The van der Waals surface area contributed by atoms with Crippen LogP contribution < -0.4 is 0 Å². The molecule has 5 nitrogen and oxygen atoms in total. The van der Waals surface area contributed by atoms with Gasteiger partial charge in [0.2, 0.25) is 5.16 Å². The summed E-state index contributed by atoms with van der Waals surface area (Å²) in [5.74, 6) is 6.12. The zero-order chi connectivity index (χ0) is 15.3. The zero-order valence-corrected chi connectivity index (χ0v) is 15.8. The summed E-state index contributed by atoms with van der Waals surface area (Å²) in [7, 11) is 4.12. The Balaban J connectivity index is 2.03. The molecule has 1 aromatic heterocycles. The molecule has 1 heterocycles. The van der Waals surface area contributed by atoms with Gasteiger partial charge < -0.3 is 4.90 Å². The predicted molar refractivity (Wildman–Crippen MR) is 96.7 cm³/mol. The Morgan fingerprint density at radius 3 is 2.52 bits per heavy atom. The van der Waals surface area contributed by atoms with Gasteiger partial charge in [-0.15, -0.1) is 5.10 Å². The van der Waals surface area contributed by atoms with Crippen LogP contribution in [-0.2, 0) is 6.54 Å². The van der Waals surface area contributed by atoms with E-state index in [1.165, 1.54) is 35.9 Å². The van der Waals surface area contributed by atoms with Gasteiger partial charge in [-0.3, -0.25) is 0 Å². The second kappa shape index (κ2) is 12.6. The number of hydrogen-bond acceptors (Lipinski definition) is 7. The van der Waals surface area contributed by atoms with Crippen LogP contribution in [0.25, 0.3) is 0 Å². The summed E-state index contributed by atoms with van der Waals surface area (Å²) in [6.45, 7) is 4.05. The summed E-state index contributed by atoms with van der Waals surface area (Å²) in [6, 6.07) is 0. The molecule has 0 N–H and O–H groups in total. The largest absolute Gasteiger partial charge is 0.308 e. The molecule has 0 atom stereocenters. The second-order valence-electron chi connectivity index (χ2n) is 4.91. The van der Waals surface area contributed by atoms with Gasteiger partial charge in [-0.1, -0.05) is 18.7 Å². The Bertz CT molecular complexity index is 359. The minimum absolute atomic E-state index is 0.851. The van der Waals surface area contributed by atoms with Gasteiger partial charge in [-0.05, 0) is 54.6 Å². The fourth-order valence-corrected chi connectivity index (χ4v) is 4.47. The van der Waals surface area contributed by atoms with Crippen LogP contribution in [-0.4, -0.2) is 74.5 Å². The molecule has 0 radical (unpaired) electrons. The Hall–Kier alpha value is 0.0800. The van der Waals surface area contributed by atoms with Crippen molar-refractivity contribution >= 4 is 35.3 Å². The molecule has 0 aliphatic heterocycles. The molecule has 0 saturated carbocycles. The smallest absolute Gasteiger partial charge is 0.209 e. The van der Waals surface area contributed by atoms with E-state index < -0.39 is 0 Å². The van der Waals surface area contributed by atoms with E-state index in [4.69, 9.17) is 0 Å². The van der Waals surface area contributed by atoms with Crippen molar-refractivity contribution in [2.75, 3.05) is 49.4 Å². The Morgan fingerprint density at radius 1 is 1.05 bits per heavy atom. The summed E-state index contributed by atoms with van der Waals surface area (Å²) in [4.78, 5) is 2.14. The van der Waals surface area contributed by atoms with E-state index in [2.05, 4.69) is 53.2 Å². The fraction of sp³-hybridized carbons (Fsp3) is 0.923. The minimum Gasteiger partial charge on any atom is -0.308 e. The standard InChI is InChI=1S/C13H27N5S3/c1-4-8-19-9-5-10-20-11-12-21-13-14-15-16-18(13)7-6-17(2)3/h4-12H2,1-3H3. The van der Waals surface area contributed by atoms with Crippen LogP contribution in [0.1, 0.15) is 19.8 Å². The molecule has 0 amide bonds. The van der Waals surface area contributed by atoms with Gasteiger partial charge in [0.05, 0.1) is 6.54 Å². The summed E-state index contributed by atoms with van der Waals surface area (Å²) in [5.41, 5.74) is 0. The number of thioether (sulfide) groups is 3. The Morgan fingerprint density at radius 2 is 1.81 bits per heavy atom.